The third-order valence-electron chi connectivity index (χ3n) is 6.17. The first-order valence-electron chi connectivity index (χ1n) is 11.5. The van der Waals surface area contributed by atoms with E-state index in [1.54, 1.807) is 10.6 Å². The Hall–Kier alpha value is -3.99. The quantitative estimate of drug-likeness (QED) is 0.485. The number of ether oxygens (including phenoxy) is 1. The van der Waals surface area contributed by atoms with Gasteiger partial charge in [-0.1, -0.05) is 0 Å². The van der Waals surface area contributed by atoms with E-state index >= 15 is 4.39 Å². The summed E-state index contributed by atoms with van der Waals surface area (Å²) in [6.07, 6.45) is 5.99. The van der Waals surface area contributed by atoms with E-state index in [0.29, 0.717) is 30.0 Å². The number of aromatic nitrogens is 2. The van der Waals surface area contributed by atoms with E-state index < -0.39 is 23.2 Å². The lowest BCUT2D eigenvalue weighted by atomic mass is 10.1. The average molecular weight is 499 g/mol. The normalized spacial score (nSPS) is 17.3. The Kier molecular flexibility index (Phi) is 7.20. The molecule has 3 heterocycles. The standard InChI is InChI=1S/C19H22FN3O4.C6H5NO2/c1-10-8-22(6-5-21-10)16-14(20)7-12-15(18(16)27-2)23(11-3-4-11)9-13(17(12)24)19(25)26;8-6(9)5-2-1-3-7-4-5/h7,9-11,21H,3-6,8H2,1-2H3,(H,25,26);1-4H,(H,8,9). The molecule has 3 aromatic rings. The minimum Gasteiger partial charge on any atom is -0.492 e. The Morgan fingerprint density at radius 1 is 1.25 bits per heavy atom. The summed E-state index contributed by atoms with van der Waals surface area (Å²) in [5, 5.41) is 21.1. The first-order valence-corrected chi connectivity index (χ1v) is 11.5. The Morgan fingerprint density at radius 3 is 2.53 bits per heavy atom. The van der Waals surface area contributed by atoms with Crippen LogP contribution < -0.4 is 20.4 Å². The van der Waals surface area contributed by atoms with E-state index in [9.17, 15) is 19.5 Å². The molecule has 2 aromatic heterocycles. The van der Waals surface area contributed by atoms with Gasteiger partial charge in [0, 0.05) is 50.3 Å². The number of fused-ring (bicyclic) bond motifs is 1. The maximum absolute atomic E-state index is 15.1. The fourth-order valence-electron chi connectivity index (χ4n) is 4.35. The summed E-state index contributed by atoms with van der Waals surface area (Å²) >= 11 is 0. The highest BCUT2D eigenvalue weighted by molar-refractivity contribution is 5.97. The fourth-order valence-corrected chi connectivity index (χ4v) is 4.35. The molecule has 2 aliphatic rings. The Morgan fingerprint density at radius 2 is 2.00 bits per heavy atom. The van der Waals surface area contributed by atoms with Crippen molar-refractivity contribution < 1.29 is 28.9 Å². The highest BCUT2D eigenvalue weighted by Crippen LogP contribution is 2.43. The van der Waals surface area contributed by atoms with Crippen LogP contribution in [0.5, 0.6) is 5.75 Å². The van der Waals surface area contributed by atoms with Crippen molar-refractivity contribution in [3.63, 3.8) is 0 Å². The second-order valence-electron chi connectivity index (χ2n) is 8.80. The first kappa shape index (κ1) is 25.1. The molecule has 0 spiro atoms. The molecule has 1 aromatic carbocycles. The zero-order valence-corrected chi connectivity index (χ0v) is 19.9. The van der Waals surface area contributed by atoms with Crippen molar-refractivity contribution in [2.75, 3.05) is 31.6 Å². The van der Waals surface area contributed by atoms with Crippen LogP contribution in [0, 0.1) is 5.82 Å². The van der Waals surface area contributed by atoms with E-state index in [2.05, 4.69) is 10.3 Å². The highest BCUT2D eigenvalue weighted by atomic mass is 19.1. The van der Waals surface area contributed by atoms with Crippen molar-refractivity contribution in [3.05, 3.63) is 64.0 Å². The summed E-state index contributed by atoms with van der Waals surface area (Å²) in [5.74, 6) is -2.53. The number of carboxylic acids is 2. The highest BCUT2D eigenvalue weighted by Gasteiger charge is 2.32. The van der Waals surface area contributed by atoms with Gasteiger partial charge in [0.25, 0.3) is 0 Å². The van der Waals surface area contributed by atoms with Crippen molar-refractivity contribution in [1.82, 2.24) is 14.9 Å². The van der Waals surface area contributed by atoms with Gasteiger partial charge in [-0.15, -0.1) is 0 Å². The molecule has 1 aliphatic heterocycles. The molecule has 0 amide bonds. The van der Waals surface area contributed by atoms with Gasteiger partial charge in [-0.05, 0) is 38.0 Å². The number of carboxylic acid groups (broad SMARTS) is 2. The topological polar surface area (TPSA) is 134 Å². The molecule has 11 heteroatoms. The van der Waals surface area contributed by atoms with Gasteiger partial charge in [0.2, 0.25) is 5.43 Å². The van der Waals surface area contributed by atoms with E-state index in [4.69, 9.17) is 9.84 Å². The van der Waals surface area contributed by atoms with Crippen LogP contribution in [0.15, 0.2) is 41.6 Å². The number of carbonyl (C=O) groups is 2. The van der Waals surface area contributed by atoms with Crippen LogP contribution in [0.2, 0.25) is 0 Å². The van der Waals surface area contributed by atoms with Gasteiger partial charge in [0.1, 0.15) is 11.3 Å². The first-order chi connectivity index (χ1) is 17.2. The summed E-state index contributed by atoms with van der Waals surface area (Å²) in [6, 6.07) is 4.53. The summed E-state index contributed by atoms with van der Waals surface area (Å²) in [7, 11) is 1.45. The largest absolute Gasteiger partial charge is 0.492 e. The number of hydrogen-bond acceptors (Lipinski definition) is 7. The van der Waals surface area contributed by atoms with Crippen LogP contribution in [0.1, 0.15) is 46.5 Å². The van der Waals surface area contributed by atoms with Crippen molar-refractivity contribution in [2.45, 2.75) is 31.8 Å². The molecule has 0 bridgehead atoms. The molecule has 1 saturated heterocycles. The lowest BCUT2D eigenvalue weighted by Gasteiger charge is -2.35. The van der Waals surface area contributed by atoms with E-state index in [-0.39, 0.29) is 28.6 Å². The molecular weight excluding hydrogens is 471 g/mol. The zero-order chi connectivity index (χ0) is 26.0. The van der Waals surface area contributed by atoms with Crippen LogP contribution in [-0.4, -0.2) is 64.5 Å². The van der Waals surface area contributed by atoms with Gasteiger partial charge >= 0.3 is 11.9 Å². The van der Waals surface area contributed by atoms with Crippen LogP contribution >= 0.6 is 0 Å². The molecule has 190 valence electrons. The number of hydrogen-bond donors (Lipinski definition) is 3. The minimum absolute atomic E-state index is 0.0445. The molecular formula is C25H27FN4O6. The van der Waals surface area contributed by atoms with Crippen LogP contribution in [-0.2, 0) is 0 Å². The number of nitrogens with one attached hydrogen (secondary N) is 1. The lowest BCUT2D eigenvalue weighted by molar-refractivity contribution is 0.0684. The van der Waals surface area contributed by atoms with E-state index in [1.807, 2.05) is 11.8 Å². The predicted octanol–water partition coefficient (Wildman–Crippen LogP) is 2.76. The maximum Gasteiger partial charge on any atom is 0.341 e. The summed E-state index contributed by atoms with van der Waals surface area (Å²) in [5.41, 5.74) is -0.0171. The second-order valence-corrected chi connectivity index (χ2v) is 8.80. The van der Waals surface area contributed by atoms with Gasteiger partial charge in [-0.3, -0.25) is 9.78 Å². The number of methoxy groups -OCH3 is 1. The molecule has 1 atom stereocenters. The summed E-state index contributed by atoms with van der Waals surface area (Å²) in [4.78, 5) is 39.9. The lowest BCUT2D eigenvalue weighted by Crippen LogP contribution is -2.49. The number of piperazine rings is 1. The number of pyridine rings is 2. The number of rotatable bonds is 5. The number of anilines is 1. The number of nitrogens with zero attached hydrogens (tertiary/aromatic N) is 3. The third kappa shape index (κ3) is 5.01. The predicted molar refractivity (Wildman–Crippen MR) is 131 cm³/mol. The Bertz CT molecular complexity index is 1360. The van der Waals surface area contributed by atoms with E-state index in [0.717, 1.165) is 25.5 Å². The van der Waals surface area contributed by atoms with Gasteiger partial charge in [-0.25, -0.2) is 14.0 Å². The average Bonchev–Trinajstić information content (AvgIpc) is 3.70. The van der Waals surface area contributed by atoms with Crippen molar-refractivity contribution in [3.8, 4) is 5.75 Å². The minimum atomic E-state index is -1.31. The van der Waals surface area contributed by atoms with Gasteiger partial charge in [-0.2, -0.15) is 0 Å². The Labute approximate surface area is 205 Å². The molecule has 3 N–H and O–H groups in total. The van der Waals surface area contributed by atoms with Crippen LogP contribution in [0.4, 0.5) is 10.1 Å². The van der Waals surface area contributed by atoms with Gasteiger partial charge in [0.05, 0.1) is 23.6 Å². The second kappa shape index (κ2) is 10.3. The molecule has 1 unspecified atom stereocenters. The third-order valence-corrected chi connectivity index (χ3v) is 6.17. The van der Waals surface area contributed by atoms with E-state index in [1.165, 1.54) is 31.8 Å². The maximum atomic E-state index is 15.1. The fraction of sp³-hybridized carbons (Fsp3) is 0.360. The number of aromatic carboxylic acids is 2. The van der Waals surface area contributed by atoms with Crippen LogP contribution in [0.25, 0.3) is 10.9 Å². The SMILES string of the molecule is COc1c(N2CCNC(C)C2)c(F)cc2c(=O)c(C(=O)O)cn(C3CC3)c12.O=C(O)c1cccnc1. The summed E-state index contributed by atoms with van der Waals surface area (Å²) < 4.78 is 22.5. The van der Waals surface area contributed by atoms with Gasteiger partial charge in [0.15, 0.2) is 11.6 Å². The van der Waals surface area contributed by atoms with Crippen molar-refractivity contribution in [1.29, 1.82) is 0 Å². The molecule has 36 heavy (non-hydrogen) atoms. The number of benzene rings is 1. The molecule has 10 nitrogen and oxygen atoms in total. The van der Waals surface area contributed by atoms with Crippen molar-refractivity contribution >= 4 is 28.5 Å². The summed E-state index contributed by atoms with van der Waals surface area (Å²) in [6.45, 7) is 3.97. The smallest absolute Gasteiger partial charge is 0.341 e. The van der Waals surface area contributed by atoms with Crippen molar-refractivity contribution in [2.24, 2.45) is 0 Å². The molecule has 1 saturated carbocycles. The molecule has 2 fully saturated rings. The van der Waals surface area contributed by atoms with Crippen LogP contribution in [0.3, 0.4) is 0 Å². The monoisotopic (exact) mass is 498 g/mol. The molecule has 1 aliphatic carbocycles. The molecule has 5 rings (SSSR count). The zero-order valence-electron chi connectivity index (χ0n) is 19.9. The number of halogens is 1. The van der Waals surface area contributed by atoms with Gasteiger partial charge < -0.3 is 29.7 Å². The molecule has 0 radical (unpaired) electrons. The Balaban J connectivity index is 0.000000286.